The van der Waals surface area contributed by atoms with Crippen LogP contribution >= 0.6 is 0 Å². The van der Waals surface area contributed by atoms with E-state index in [1.54, 1.807) is 13.2 Å². The van der Waals surface area contributed by atoms with Gasteiger partial charge in [-0.15, -0.1) is 0 Å². The molecule has 21 heavy (non-hydrogen) atoms. The van der Waals surface area contributed by atoms with Crippen LogP contribution in [0.2, 0.25) is 0 Å². The van der Waals surface area contributed by atoms with Gasteiger partial charge in [0, 0.05) is 12.6 Å². The van der Waals surface area contributed by atoms with Crippen molar-refractivity contribution in [2.45, 2.75) is 26.2 Å². The molecular formula is C16H20N2O3. The number of nitrogens with one attached hydrogen (secondary N) is 1. The molecule has 0 spiro atoms. The lowest BCUT2D eigenvalue weighted by atomic mass is 10.1. The number of benzene rings is 1. The summed E-state index contributed by atoms with van der Waals surface area (Å²) in [6.45, 7) is 2.46. The summed E-state index contributed by atoms with van der Waals surface area (Å²) in [4.78, 5) is 11.7. The molecule has 0 aliphatic rings. The van der Waals surface area contributed by atoms with E-state index in [2.05, 4.69) is 10.5 Å². The summed E-state index contributed by atoms with van der Waals surface area (Å²) in [5.74, 6) is 1.55. The molecule has 1 N–H and O–H groups in total. The maximum absolute atomic E-state index is 11.7. The Kier molecular flexibility index (Phi) is 5.37. The fourth-order valence-corrected chi connectivity index (χ4v) is 2.04. The van der Waals surface area contributed by atoms with Gasteiger partial charge in [-0.2, -0.15) is 0 Å². The van der Waals surface area contributed by atoms with Crippen LogP contribution in [0.1, 0.15) is 23.4 Å². The number of nitrogens with zero attached hydrogens (tertiary/aromatic N) is 1. The third-order valence-corrected chi connectivity index (χ3v) is 3.14. The lowest BCUT2D eigenvalue weighted by molar-refractivity contribution is -0.120. The standard InChI is InChI=1S/C16H20N2O3/c1-12-10-14(18-21-12)11-16(19)17-9-3-4-13-5-7-15(20-2)8-6-13/h5-8,10H,3-4,9,11H2,1-2H3,(H,17,19). The van der Waals surface area contributed by atoms with Crippen molar-refractivity contribution in [2.24, 2.45) is 0 Å². The second kappa shape index (κ2) is 7.47. The number of amides is 1. The molecule has 1 heterocycles. The molecule has 2 aromatic rings. The largest absolute Gasteiger partial charge is 0.497 e. The Balaban J connectivity index is 1.65. The highest BCUT2D eigenvalue weighted by Crippen LogP contribution is 2.12. The maximum Gasteiger partial charge on any atom is 0.226 e. The van der Waals surface area contributed by atoms with E-state index in [9.17, 15) is 4.79 Å². The van der Waals surface area contributed by atoms with Gasteiger partial charge in [0.1, 0.15) is 11.5 Å². The summed E-state index contributed by atoms with van der Waals surface area (Å²) in [6, 6.07) is 9.75. The number of aryl methyl sites for hydroxylation is 2. The first kappa shape index (κ1) is 15.1. The zero-order chi connectivity index (χ0) is 15.1. The molecule has 0 saturated heterocycles. The lowest BCUT2D eigenvalue weighted by Gasteiger charge is -2.05. The molecule has 1 amide bonds. The average molecular weight is 288 g/mol. The van der Waals surface area contributed by atoms with E-state index in [0.29, 0.717) is 12.2 Å². The zero-order valence-corrected chi connectivity index (χ0v) is 12.4. The number of hydrogen-bond acceptors (Lipinski definition) is 4. The van der Waals surface area contributed by atoms with Crippen molar-refractivity contribution in [2.75, 3.05) is 13.7 Å². The van der Waals surface area contributed by atoms with E-state index in [0.717, 1.165) is 24.4 Å². The monoisotopic (exact) mass is 288 g/mol. The van der Waals surface area contributed by atoms with Crippen LogP contribution in [-0.4, -0.2) is 24.7 Å². The van der Waals surface area contributed by atoms with Crippen molar-refractivity contribution in [3.05, 3.63) is 47.3 Å². The van der Waals surface area contributed by atoms with Gasteiger partial charge < -0.3 is 14.6 Å². The molecule has 0 atom stereocenters. The molecule has 5 heteroatoms. The topological polar surface area (TPSA) is 64.4 Å². The molecule has 0 radical (unpaired) electrons. The highest BCUT2D eigenvalue weighted by atomic mass is 16.5. The first-order chi connectivity index (χ1) is 10.2. The highest BCUT2D eigenvalue weighted by molar-refractivity contribution is 5.77. The average Bonchev–Trinajstić information content (AvgIpc) is 2.89. The highest BCUT2D eigenvalue weighted by Gasteiger charge is 2.06. The van der Waals surface area contributed by atoms with Crippen LogP contribution in [0.4, 0.5) is 0 Å². The Bertz CT molecular complexity index is 575. The SMILES string of the molecule is COc1ccc(CCCNC(=O)Cc2cc(C)on2)cc1. The Labute approximate surface area is 124 Å². The zero-order valence-electron chi connectivity index (χ0n) is 12.4. The number of carbonyl (C=O) groups is 1. The third kappa shape index (κ3) is 4.95. The van der Waals surface area contributed by atoms with Crippen LogP contribution in [0, 0.1) is 6.92 Å². The van der Waals surface area contributed by atoms with Crippen LogP contribution < -0.4 is 10.1 Å². The number of rotatable bonds is 7. The van der Waals surface area contributed by atoms with Crippen LogP contribution in [0.15, 0.2) is 34.9 Å². The molecule has 1 aromatic heterocycles. The minimum Gasteiger partial charge on any atom is -0.497 e. The first-order valence-electron chi connectivity index (χ1n) is 6.99. The number of hydrogen-bond donors (Lipinski definition) is 1. The Morgan fingerprint density at radius 1 is 1.33 bits per heavy atom. The molecule has 5 nitrogen and oxygen atoms in total. The summed E-state index contributed by atoms with van der Waals surface area (Å²) >= 11 is 0. The van der Waals surface area contributed by atoms with Gasteiger partial charge in [-0.3, -0.25) is 4.79 Å². The fraction of sp³-hybridized carbons (Fsp3) is 0.375. The molecule has 112 valence electrons. The molecule has 2 rings (SSSR count). The third-order valence-electron chi connectivity index (χ3n) is 3.14. The van der Waals surface area contributed by atoms with E-state index in [4.69, 9.17) is 9.26 Å². The van der Waals surface area contributed by atoms with Crippen molar-refractivity contribution in [3.8, 4) is 5.75 Å². The van der Waals surface area contributed by atoms with Crippen molar-refractivity contribution >= 4 is 5.91 Å². The predicted octanol–water partition coefficient (Wildman–Crippen LogP) is 2.28. The number of ether oxygens (including phenoxy) is 1. The van der Waals surface area contributed by atoms with Crippen molar-refractivity contribution in [1.29, 1.82) is 0 Å². The van der Waals surface area contributed by atoms with Crippen LogP contribution in [0.25, 0.3) is 0 Å². The van der Waals surface area contributed by atoms with Crippen molar-refractivity contribution < 1.29 is 14.1 Å². The summed E-state index contributed by atoms with van der Waals surface area (Å²) in [6.07, 6.45) is 2.09. The number of methoxy groups -OCH3 is 1. The van der Waals surface area contributed by atoms with E-state index in [1.165, 1.54) is 5.56 Å². The predicted molar refractivity (Wildman–Crippen MR) is 79.3 cm³/mol. The Morgan fingerprint density at radius 3 is 2.71 bits per heavy atom. The molecular weight excluding hydrogens is 268 g/mol. The van der Waals surface area contributed by atoms with E-state index in [-0.39, 0.29) is 12.3 Å². The van der Waals surface area contributed by atoms with Crippen LogP contribution in [-0.2, 0) is 17.6 Å². The summed E-state index contributed by atoms with van der Waals surface area (Å²) in [7, 11) is 1.65. The van der Waals surface area contributed by atoms with Gasteiger partial charge >= 0.3 is 0 Å². The molecule has 0 bridgehead atoms. The number of carbonyl (C=O) groups excluding carboxylic acids is 1. The first-order valence-corrected chi connectivity index (χ1v) is 6.99. The Hall–Kier alpha value is -2.30. The molecule has 1 aromatic carbocycles. The van der Waals surface area contributed by atoms with Crippen molar-refractivity contribution in [1.82, 2.24) is 10.5 Å². The normalized spacial score (nSPS) is 10.4. The number of aromatic nitrogens is 1. The molecule has 0 unspecified atom stereocenters. The van der Waals surface area contributed by atoms with Gasteiger partial charge in [0.05, 0.1) is 19.2 Å². The Morgan fingerprint density at radius 2 is 2.10 bits per heavy atom. The van der Waals surface area contributed by atoms with Gasteiger partial charge in [-0.25, -0.2) is 0 Å². The fourth-order valence-electron chi connectivity index (χ4n) is 2.04. The molecule has 0 saturated carbocycles. The van der Waals surface area contributed by atoms with Gasteiger partial charge in [0.25, 0.3) is 0 Å². The lowest BCUT2D eigenvalue weighted by Crippen LogP contribution is -2.26. The molecule has 0 aliphatic heterocycles. The summed E-state index contributed by atoms with van der Waals surface area (Å²) in [5.41, 5.74) is 1.90. The molecule has 0 aliphatic carbocycles. The van der Waals surface area contributed by atoms with Gasteiger partial charge in [0.15, 0.2) is 0 Å². The van der Waals surface area contributed by atoms with Gasteiger partial charge in [0.2, 0.25) is 5.91 Å². The molecule has 0 fully saturated rings. The summed E-state index contributed by atoms with van der Waals surface area (Å²) in [5, 5.41) is 6.69. The van der Waals surface area contributed by atoms with Crippen LogP contribution in [0.3, 0.4) is 0 Å². The van der Waals surface area contributed by atoms with Gasteiger partial charge in [-0.1, -0.05) is 17.3 Å². The van der Waals surface area contributed by atoms with Gasteiger partial charge in [-0.05, 0) is 37.5 Å². The van der Waals surface area contributed by atoms with E-state index in [1.807, 2.05) is 31.2 Å². The minimum atomic E-state index is -0.0296. The smallest absolute Gasteiger partial charge is 0.226 e. The quantitative estimate of drug-likeness (QED) is 0.794. The summed E-state index contributed by atoms with van der Waals surface area (Å²) < 4.78 is 10.0. The van der Waals surface area contributed by atoms with E-state index >= 15 is 0 Å². The van der Waals surface area contributed by atoms with Crippen LogP contribution in [0.5, 0.6) is 5.75 Å². The minimum absolute atomic E-state index is 0.0296. The second-order valence-electron chi connectivity index (χ2n) is 4.91. The van der Waals surface area contributed by atoms with E-state index < -0.39 is 0 Å². The maximum atomic E-state index is 11.7. The van der Waals surface area contributed by atoms with Crippen molar-refractivity contribution in [3.63, 3.8) is 0 Å². The second-order valence-corrected chi connectivity index (χ2v) is 4.91.